The fraction of sp³-hybridized carbons (Fsp3) is 0.571. The summed E-state index contributed by atoms with van der Waals surface area (Å²) >= 11 is 0. The van der Waals surface area contributed by atoms with Gasteiger partial charge in [0.25, 0.3) is 0 Å². The Morgan fingerprint density at radius 3 is 3.21 bits per heavy atom. The fourth-order valence-corrected chi connectivity index (χ4v) is 2.55. The monoisotopic (exact) mass is 264 g/mol. The SMILES string of the molecule is COC(=O)c1cccnc1CN1CCC(CCO)C1. The minimum Gasteiger partial charge on any atom is -0.465 e. The first-order chi connectivity index (χ1) is 9.24. The van der Waals surface area contributed by atoms with Gasteiger partial charge in [-0.15, -0.1) is 0 Å². The van der Waals surface area contributed by atoms with Crippen molar-refractivity contribution in [2.45, 2.75) is 19.4 Å². The molecule has 1 unspecified atom stereocenters. The second-order valence-electron chi connectivity index (χ2n) is 4.89. The number of ether oxygens (including phenoxy) is 1. The second kappa shape index (κ2) is 6.63. The van der Waals surface area contributed by atoms with Crippen LogP contribution in [0.5, 0.6) is 0 Å². The molecule has 5 heteroatoms. The molecular weight excluding hydrogens is 244 g/mol. The van der Waals surface area contributed by atoms with Gasteiger partial charge < -0.3 is 9.84 Å². The van der Waals surface area contributed by atoms with Crippen molar-refractivity contribution in [2.75, 3.05) is 26.8 Å². The van der Waals surface area contributed by atoms with Gasteiger partial charge in [-0.3, -0.25) is 9.88 Å². The summed E-state index contributed by atoms with van der Waals surface area (Å²) in [5.74, 6) is 0.212. The van der Waals surface area contributed by atoms with Crippen LogP contribution in [0.25, 0.3) is 0 Å². The quantitative estimate of drug-likeness (QED) is 0.806. The first-order valence-corrected chi connectivity index (χ1v) is 6.60. The van der Waals surface area contributed by atoms with Gasteiger partial charge in [-0.1, -0.05) is 0 Å². The molecule has 0 bridgehead atoms. The largest absolute Gasteiger partial charge is 0.465 e. The molecule has 2 heterocycles. The summed E-state index contributed by atoms with van der Waals surface area (Å²) < 4.78 is 4.77. The molecule has 1 aromatic rings. The van der Waals surface area contributed by atoms with Crippen molar-refractivity contribution >= 4 is 5.97 Å². The number of rotatable bonds is 5. The maximum Gasteiger partial charge on any atom is 0.339 e. The Hall–Kier alpha value is -1.46. The highest BCUT2D eigenvalue weighted by atomic mass is 16.5. The van der Waals surface area contributed by atoms with E-state index in [2.05, 4.69) is 9.88 Å². The van der Waals surface area contributed by atoms with Gasteiger partial charge in [0.1, 0.15) is 0 Å². The highest BCUT2D eigenvalue weighted by Gasteiger charge is 2.23. The number of hydrogen-bond donors (Lipinski definition) is 1. The van der Waals surface area contributed by atoms with Crippen molar-refractivity contribution < 1.29 is 14.6 Å². The Balaban J connectivity index is 2.02. The number of nitrogens with zero attached hydrogens (tertiary/aromatic N) is 2. The number of aliphatic hydroxyl groups is 1. The molecule has 104 valence electrons. The third-order valence-corrected chi connectivity index (χ3v) is 3.58. The number of esters is 1. The first-order valence-electron chi connectivity index (χ1n) is 6.60. The molecular formula is C14H20N2O3. The van der Waals surface area contributed by atoms with Gasteiger partial charge in [-0.2, -0.15) is 0 Å². The number of pyridine rings is 1. The summed E-state index contributed by atoms with van der Waals surface area (Å²) in [6.45, 7) is 2.85. The van der Waals surface area contributed by atoms with Crippen molar-refractivity contribution in [1.82, 2.24) is 9.88 Å². The number of likely N-dealkylation sites (tertiary alicyclic amines) is 1. The molecule has 5 nitrogen and oxygen atoms in total. The molecule has 1 aliphatic rings. The van der Waals surface area contributed by atoms with Crippen LogP contribution in [0.4, 0.5) is 0 Å². The first kappa shape index (κ1) is 14.0. The Bertz CT molecular complexity index is 436. The van der Waals surface area contributed by atoms with Gasteiger partial charge in [0, 0.05) is 25.9 Å². The lowest BCUT2D eigenvalue weighted by Gasteiger charge is -2.16. The smallest absolute Gasteiger partial charge is 0.339 e. The summed E-state index contributed by atoms with van der Waals surface area (Å²) in [6.07, 6.45) is 3.65. The van der Waals surface area contributed by atoms with Crippen LogP contribution < -0.4 is 0 Å². The van der Waals surface area contributed by atoms with Crippen LogP contribution in [0.2, 0.25) is 0 Å². The Morgan fingerprint density at radius 2 is 2.47 bits per heavy atom. The third kappa shape index (κ3) is 3.52. The molecule has 0 aliphatic carbocycles. The predicted molar refractivity (Wildman–Crippen MR) is 70.7 cm³/mol. The summed E-state index contributed by atoms with van der Waals surface area (Å²) in [7, 11) is 1.38. The van der Waals surface area contributed by atoms with E-state index in [9.17, 15) is 4.79 Å². The number of carbonyl (C=O) groups excluding carboxylic acids is 1. The maximum absolute atomic E-state index is 11.7. The van der Waals surface area contributed by atoms with Gasteiger partial charge >= 0.3 is 5.97 Å². The Labute approximate surface area is 113 Å². The number of aromatic nitrogens is 1. The van der Waals surface area contributed by atoms with E-state index in [-0.39, 0.29) is 12.6 Å². The van der Waals surface area contributed by atoms with Crippen LogP contribution in [-0.4, -0.2) is 47.8 Å². The predicted octanol–water partition coefficient (Wildman–Crippen LogP) is 1.07. The zero-order valence-corrected chi connectivity index (χ0v) is 11.2. The standard InChI is InChI=1S/C14H20N2O3/c1-19-14(18)12-3-2-6-15-13(12)10-16-7-4-11(9-16)5-8-17/h2-3,6,11,17H,4-5,7-10H2,1H3. The molecule has 0 spiro atoms. The molecule has 1 saturated heterocycles. The molecule has 0 amide bonds. The minimum absolute atomic E-state index is 0.246. The molecule has 0 radical (unpaired) electrons. The van der Waals surface area contributed by atoms with Crippen molar-refractivity contribution in [2.24, 2.45) is 5.92 Å². The number of aliphatic hydroxyl groups excluding tert-OH is 1. The summed E-state index contributed by atoms with van der Waals surface area (Å²) in [4.78, 5) is 18.2. The second-order valence-corrected chi connectivity index (χ2v) is 4.89. The number of hydrogen-bond acceptors (Lipinski definition) is 5. The van der Waals surface area contributed by atoms with Crippen LogP contribution in [0.1, 0.15) is 28.9 Å². The molecule has 0 saturated carbocycles. The third-order valence-electron chi connectivity index (χ3n) is 3.58. The van der Waals surface area contributed by atoms with Crippen LogP contribution >= 0.6 is 0 Å². The highest BCUT2D eigenvalue weighted by Crippen LogP contribution is 2.21. The van der Waals surface area contributed by atoms with Crippen LogP contribution in [0.3, 0.4) is 0 Å². The lowest BCUT2D eigenvalue weighted by Crippen LogP contribution is -2.23. The molecule has 1 N–H and O–H groups in total. The van der Waals surface area contributed by atoms with E-state index in [0.717, 1.165) is 31.6 Å². The van der Waals surface area contributed by atoms with Gasteiger partial charge in [0.15, 0.2) is 0 Å². The van der Waals surface area contributed by atoms with Crippen LogP contribution in [0, 0.1) is 5.92 Å². The van der Waals surface area contributed by atoms with E-state index >= 15 is 0 Å². The fourth-order valence-electron chi connectivity index (χ4n) is 2.55. The van der Waals surface area contributed by atoms with Crippen molar-refractivity contribution in [3.05, 3.63) is 29.6 Å². The molecule has 19 heavy (non-hydrogen) atoms. The molecule has 1 fully saturated rings. The average molecular weight is 264 g/mol. The molecule has 1 atom stereocenters. The lowest BCUT2D eigenvalue weighted by atomic mass is 10.1. The van der Waals surface area contributed by atoms with Crippen molar-refractivity contribution in [3.8, 4) is 0 Å². The van der Waals surface area contributed by atoms with Crippen molar-refractivity contribution in [1.29, 1.82) is 0 Å². The van der Waals surface area contributed by atoms with Gasteiger partial charge in [0.2, 0.25) is 0 Å². The van der Waals surface area contributed by atoms with E-state index in [1.54, 1.807) is 18.3 Å². The average Bonchev–Trinajstić information content (AvgIpc) is 2.86. The molecule has 1 aromatic heterocycles. The topological polar surface area (TPSA) is 62.7 Å². The number of carbonyl (C=O) groups is 1. The normalized spacial score (nSPS) is 19.6. The van der Waals surface area contributed by atoms with E-state index in [1.165, 1.54) is 7.11 Å². The Kier molecular flexibility index (Phi) is 4.87. The van der Waals surface area contributed by atoms with Crippen molar-refractivity contribution in [3.63, 3.8) is 0 Å². The Morgan fingerprint density at radius 1 is 1.63 bits per heavy atom. The van der Waals surface area contributed by atoms with Crippen LogP contribution in [0.15, 0.2) is 18.3 Å². The van der Waals surface area contributed by atoms with Gasteiger partial charge in [0.05, 0.1) is 18.4 Å². The van der Waals surface area contributed by atoms with E-state index in [1.807, 2.05) is 0 Å². The van der Waals surface area contributed by atoms with Crippen LogP contribution in [-0.2, 0) is 11.3 Å². The lowest BCUT2D eigenvalue weighted by molar-refractivity contribution is 0.0597. The molecule has 0 aromatic carbocycles. The van der Waals surface area contributed by atoms with Gasteiger partial charge in [-0.25, -0.2) is 4.79 Å². The zero-order chi connectivity index (χ0) is 13.7. The minimum atomic E-state index is -0.339. The molecule has 2 rings (SSSR count). The summed E-state index contributed by atoms with van der Waals surface area (Å²) in [5.41, 5.74) is 1.30. The van der Waals surface area contributed by atoms with E-state index < -0.39 is 0 Å². The molecule has 1 aliphatic heterocycles. The number of methoxy groups -OCH3 is 1. The van der Waals surface area contributed by atoms with E-state index in [0.29, 0.717) is 18.0 Å². The summed E-state index contributed by atoms with van der Waals surface area (Å²) in [6, 6.07) is 3.49. The highest BCUT2D eigenvalue weighted by molar-refractivity contribution is 5.90. The zero-order valence-electron chi connectivity index (χ0n) is 11.2. The van der Waals surface area contributed by atoms with E-state index in [4.69, 9.17) is 9.84 Å². The maximum atomic E-state index is 11.7. The summed E-state index contributed by atoms with van der Waals surface area (Å²) in [5, 5.41) is 8.96. The van der Waals surface area contributed by atoms with Gasteiger partial charge in [-0.05, 0) is 37.4 Å².